The average molecular weight is 349 g/mol. The first kappa shape index (κ1) is 18.9. The molecule has 2 aromatic rings. The summed E-state index contributed by atoms with van der Waals surface area (Å²) in [5.41, 5.74) is 1.97. The van der Waals surface area contributed by atoms with Gasteiger partial charge in [-0.3, -0.25) is 14.9 Å². The van der Waals surface area contributed by atoms with Crippen molar-refractivity contribution in [3.63, 3.8) is 0 Å². The molecule has 0 bridgehead atoms. The summed E-state index contributed by atoms with van der Waals surface area (Å²) in [5.74, 6) is -0.488. The second kappa shape index (κ2) is 7.62. The Labute approximate surface area is 151 Å². The van der Waals surface area contributed by atoms with E-state index in [1.54, 1.807) is 6.08 Å². The van der Waals surface area contributed by atoms with Crippen LogP contribution >= 0.6 is 0 Å². The van der Waals surface area contributed by atoms with Crippen molar-refractivity contribution in [1.82, 2.24) is 0 Å². The van der Waals surface area contributed by atoms with Crippen molar-refractivity contribution >= 4 is 23.4 Å². The van der Waals surface area contributed by atoms with E-state index >= 15 is 0 Å². The molecule has 0 atom stereocenters. The van der Waals surface area contributed by atoms with E-state index in [-0.39, 0.29) is 22.4 Å². The molecule has 0 unspecified atom stereocenters. The molecular weight excluding hydrogens is 330 g/mol. The van der Waals surface area contributed by atoms with Crippen LogP contribution in [0.5, 0.6) is 0 Å². The van der Waals surface area contributed by atoms with Crippen molar-refractivity contribution in [3.05, 3.63) is 75.3 Å². The molecule has 0 spiro atoms. The number of nitriles is 1. The fourth-order valence-corrected chi connectivity index (χ4v) is 2.30. The van der Waals surface area contributed by atoms with E-state index in [0.29, 0.717) is 0 Å². The molecule has 6 nitrogen and oxygen atoms in total. The van der Waals surface area contributed by atoms with Crippen molar-refractivity contribution in [1.29, 1.82) is 5.26 Å². The van der Waals surface area contributed by atoms with Crippen LogP contribution in [0.1, 0.15) is 37.5 Å². The van der Waals surface area contributed by atoms with Crippen molar-refractivity contribution in [2.24, 2.45) is 0 Å². The Morgan fingerprint density at radius 3 is 2.38 bits per heavy atom. The molecular formula is C20H19N3O3. The quantitative estimate of drug-likeness (QED) is 0.502. The van der Waals surface area contributed by atoms with Crippen LogP contribution in [0.25, 0.3) is 6.08 Å². The summed E-state index contributed by atoms with van der Waals surface area (Å²) in [4.78, 5) is 22.5. The Balaban J connectivity index is 2.13. The first-order chi connectivity index (χ1) is 12.2. The second-order valence-electron chi connectivity index (χ2n) is 6.80. The molecule has 0 radical (unpaired) electrons. The van der Waals surface area contributed by atoms with Gasteiger partial charge in [-0.1, -0.05) is 45.0 Å². The van der Waals surface area contributed by atoms with E-state index in [1.165, 1.54) is 23.8 Å². The van der Waals surface area contributed by atoms with E-state index in [1.807, 2.05) is 30.3 Å². The van der Waals surface area contributed by atoms with Crippen LogP contribution in [0.3, 0.4) is 0 Å². The Kier molecular flexibility index (Phi) is 5.53. The Bertz CT molecular complexity index is 901. The van der Waals surface area contributed by atoms with Gasteiger partial charge in [-0.15, -0.1) is 0 Å². The third kappa shape index (κ3) is 4.77. The van der Waals surface area contributed by atoms with Crippen LogP contribution in [0.15, 0.2) is 48.5 Å². The third-order valence-electron chi connectivity index (χ3n) is 3.79. The number of nitro groups is 1. The maximum atomic E-state index is 12.1. The maximum absolute atomic E-state index is 12.1. The number of anilines is 1. The van der Waals surface area contributed by atoms with Gasteiger partial charge in [-0.05, 0) is 34.8 Å². The van der Waals surface area contributed by atoms with Crippen molar-refractivity contribution in [2.45, 2.75) is 26.2 Å². The van der Waals surface area contributed by atoms with Gasteiger partial charge in [0.05, 0.1) is 16.6 Å². The van der Waals surface area contributed by atoms with Crippen LogP contribution < -0.4 is 5.32 Å². The van der Waals surface area contributed by atoms with Crippen LogP contribution in [-0.4, -0.2) is 10.8 Å². The molecule has 1 amide bonds. The minimum Gasteiger partial charge on any atom is -0.317 e. The SMILES string of the molecule is CC(C)(C)c1ccc(C=CC(=O)Nc2ccc(C#N)cc2[N+](=O)[O-])cc1. The molecule has 0 saturated heterocycles. The lowest BCUT2D eigenvalue weighted by molar-refractivity contribution is -0.383. The van der Waals surface area contributed by atoms with Gasteiger partial charge in [-0.2, -0.15) is 5.26 Å². The molecule has 0 aliphatic heterocycles. The third-order valence-corrected chi connectivity index (χ3v) is 3.79. The summed E-state index contributed by atoms with van der Waals surface area (Å²) < 4.78 is 0. The van der Waals surface area contributed by atoms with Crippen LogP contribution in [-0.2, 0) is 10.2 Å². The topological polar surface area (TPSA) is 96.0 Å². The summed E-state index contributed by atoms with van der Waals surface area (Å²) in [5, 5.41) is 22.4. The van der Waals surface area contributed by atoms with Crippen molar-refractivity contribution in [3.8, 4) is 6.07 Å². The number of rotatable bonds is 4. The van der Waals surface area contributed by atoms with E-state index in [2.05, 4.69) is 26.1 Å². The smallest absolute Gasteiger partial charge is 0.294 e. The lowest BCUT2D eigenvalue weighted by atomic mass is 9.87. The Hall–Kier alpha value is -3.46. The van der Waals surface area contributed by atoms with Crippen LogP contribution in [0.2, 0.25) is 0 Å². The highest BCUT2D eigenvalue weighted by molar-refractivity contribution is 6.03. The largest absolute Gasteiger partial charge is 0.317 e. The van der Waals surface area contributed by atoms with E-state index in [0.717, 1.165) is 11.6 Å². The highest BCUT2D eigenvalue weighted by atomic mass is 16.6. The van der Waals surface area contributed by atoms with Crippen molar-refractivity contribution in [2.75, 3.05) is 5.32 Å². The summed E-state index contributed by atoms with van der Waals surface area (Å²) >= 11 is 0. The van der Waals surface area contributed by atoms with Gasteiger partial charge in [0.25, 0.3) is 5.69 Å². The van der Waals surface area contributed by atoms with E-state index < -0.39 is 10.8 Å². The molecule has 26 heavy (non-hydrogen) atoms. The molecule has 1 N–H and O–H groups in total. The molecule has 0 heterocycles. The lowest BCUT2D eigenvalue weighted by Gasteiger charge is -2.18. The lowest BCUT2D eigenvalue weighted by Crippen LogP contribution is -2.10. The number of carbonyl (C=O) groups is 1. The number of nitro benzene ring substituents is 1. The fraction of sp³-hybridized carbons (Fsp3) is 0.200. The number of nitrogens with one attached hydrogen (secondary N) is 1. The molecule has 0 aromatic heterocycles. The van der Waals surface area contributed by atoms with Gasteiger partial charge in [0.15, 0.2) is 0 Å². The van der Waals surface area contributed by atoms with Crippen molar-refractivity contribution < 1.29 is 9.72 Å². The van der Waals surface area contributed by atoms with Gasteiger partial charge in [-0.25, -0.2) is 0 Å². The summed E-state index contributed by atoms with van der Waals surface area (Å²) in [6.45, 7) is 6.36. The Morgan fingerprint density at radius 2 is 1.85 bits per heavy atom. The van der Waals surface area contributed by atoms with Crippen LogP contribution in [0, 0.1) is 21.4 Å². The standard InChI is InChI=1S/C20H19N3O3/c1-20(2,3)16-8-4-14(5-9-16)7-11-19(24)22-17-10-6-15(13-21)12-18(17)23(25)26/h4-12H,1-3H3,(H,22,24). The highest BCUT2D eigenvalue weighted by Gasteiger charge is 2.16. The molecule has 0 fully saturated rings. The highest BCUT2D eigenvalue weighted by Crippen LogP contribution is 2.25. The minimum absolute atomic E-state index is 0.0479. The summed E-state index contributed by atoms with van der Waals surface area (Å²) in [6, 6.07) is 13.6. The molecule has 6 heteroatoms. The second-order valence-corrected chi connectivity index (χ2v) is 6.80. The maximum Gasteiger partial charge on any atom is 0.294 e. The number of benzene rings is 2. The first-order valence-electron chi connectivity index (χ1n) is 7.99. The molecule has 132 valence electrons. The van der Waals surface area contributed by atoms with E-state index in [9.17, 15) is 14.9 Å². The number of amides is 1. The molecule has 0 aliphatic carbocycles. The van der Waals surface area contributed by atoms with Gasteiger partial charge < -0.3 is 5.32 Å². The fourth-order valence-electron chi connectivity index (χ4n) is 2.30. The molecule has 2 aromatic carbocycles. The minimum atomic E-state index is -0.634. The number of nitrogens with zero attached hydrogens (tertiary/aromatic N) is 2. The van der Waals surface area contributed by atoms with Gasteiger partial charge in [0, 0.05) is 12.1 Å². The number of hydrogen-bond donors (Lipinski definition) is 1. The molecule has 0 saturated carbocycles. The normalized spacial score (nSPS) is 11.2. The predicted octanol–water partition coefficient (Wildman–Crippen LogP) is 4.42. The molecule has 2 rings (SSSR count). The zero-order valence-corrected chi connectivity index (χ0v) is 14.8. The van der Waals surface area contributed by atoms with Gasteiger partial charge in [0.2, 0.25) is 5.91 Å². The predicted molar refractivity (Wildman–Crippen MR) is 101 cm³/mol. The Morgan fingerprint density at radius 1 is 1.19 bits per heavy atom. The number of hydrogen-bond acceptors (Lipinski definition) is 4. The number of carbonyl (C=O) groups excluding carboxylic acids is 1. The van der Waals surface area contributed by atoms with Crippen LogP contribution in [0.4, 0.5) is 11.4 Å². The summed E-state index contributed by atoms with van der Waals surface area (Å²) in [7, 11) is 0. The zero-order chi connectivity index (χ0) is 19.3. The van der Waals surface area contributed by atoms with E-state index in [4.69, 9.17) is 5.26 Å². The average Bonchev–Trinajstić information content (AvgIpc) is 2.59. The summed E-state index contributed by atoms with van der Waals surface area (Å²) in [6.07, 6.45) is 2.95. The van der Waals surface area contributed by atoms with Gasteiger partial charge in [0.1, 0.15) is 5.69 Å². The van der Waals surface area contributed by atoms with Gasteiger partial charge >= 0.3 is 0 Å². The molecule has 0 aliphatic rings. The monoisotopic (exact) mass is 349 g/mol. The zero-order valence-electron chi connectivity index (χ0n) is 14.8. The first-order valence-corrected chi connectivity index (χ1v) is 7.99.